The second-order valence-corrected chi connectivity index (χ2v) is 7.23. The van der Waals surface area contributed by atoms with Gasteiger partial charge in [-0.1, -0.05) is 23.7 Å². The maximum absolute atomic E-state index is 12.9. The van der Waals surface area contributed by atoms with Crippen molar-refractivity contribution in [2.75, 3.05) is 23.8 Å². The molecule has 3 heterocycles. The number of fused-ring (bicyclic) bond motifs is 1. The third-order valence-corrected chi connectivity index (χ3v) is 4.93. The fraction of sp³-hybridized carbons (Fsp3) is 0.200. The van der Waals surface area contributed by atoms with Gasteiger partial charge in [-0.3, -0.25) is 14.7 Å². The van der Waals surface area contributed by atoms with Gasteiger partial charge in [-0.15, -0.1) is 0 Å². The molecule has 1 aliphatic heterocycles. The largest absolute Gasteiger partial charge is 0.359 e. The summed E-state index contributed by atoms with van der Waals surface area (Å²) < 4.78 is 0. The van der Waals surface area contributed by atoms with Gasteiger partial charge in [0.1, 0.15) is 0 Å². The third kappa shape index (κ3) is 4.07. The number of aromatic nitrogens is 3. The summed E-state index contributed by atoms with van der Waals surface area (Å²) in [6.45, 7) is 0.913. The number of aromatic amines is 1. The normalized spacial score (nSPS) is 13.0. The maximum atomic E-state index is 12.9. The molecule has 0 aliphatic carbocycles. The minimum absolute atomic E-state index is 0.0929. The Kier molecular flexibility index (Phi) is 5.18. The minimum atomic E-state index is -0.195. The molecule has 1 aromatic carbocycles. The van der Waals surface area contributed by atoms with E-state index in [1.54, 1.807) is 41.2 Å². The zero-order valence-corrected chi connectivity index (χ0v) is 16.5. The van der Waals surface area contributed by atoms with Crippen molar-refractivity contribution in [1.29, 1.82) is 0 Å². The van der Waals surface area contributed by atoms with Crippen LogP contribution in [0.15, 0.2) is 48.8 Å². The Morgan fingerprint density at radius 3 is 2.79 bits per heavy atom. The number of anilines is 2. The summed E-state index contributed by atoms with van der Waals surface area (Å²) in [5.41, 5.74) is 2.75. The van der Waals surface area contributed by atoms with Crippen molar-refractivity contribution in [3.63, 3.8) is 0 Å². The van der Waals surface area contributed by atoms with Crippen molar-refractivity contribution in [3.8, 4) is 0 Å². The second-order valence-electron chi connectivity index (χ2n) is 6.79. The first-order chi connectivity index (χ1) is 14.0. The van der Waals surface area contributed by atoms with Crippen LogP contribution in [0.5, 0.6) is 0 Å². The van der Waals surface area contributed by atoms with Crippen LogP contribution in [-0.2, 0) is 17.9 Å². The second kappa shape index (κ2) is 7.92. The van der Waals surface area contributed by atoms with Gasteiger partial charge in [0, 0.05) is 24.5 Å². The van der Waals surface area contributed by atoms with Crippen LogP contribution < -0.4 is 10.2 Å². The monoisotopic (exact) mass is 410 g/mol. The van der Waals surface area contributed by atoms with Crippen molar-refractivity contribution in [3.05, 3.63) is 70.6 Å². The molecule has 3 aromatic rings. The lowest BCUT2D eigenvalue weighted by molar-refractivity contribution is -0.117. The highest BCUT2D eigenvalue weighted by Crippen LogP contribution is 2.30. The Balaban J connectivity index is 1.59. The molecule has 0 fully saturated rings. The van der Waals surface area contributed by atoms with Crippen LogP contribution in [0.1, 0.15) is 21.6 Å². The fourth-order valence-corrected chi connectivity index (χ4v) is 3.29. The van der Waals surface area contributed by atoms with Crippen molar-refractivity contribution >= 4 is 34.9 Å². The van der Waals surface area contributed by atoms with Crippen LogP contribution in [0.2, 0.25) is 5.02 Å². The smallest absolute Gasteiger partial charge is 0.255 e. The summed E-state index contributed by atoms with van der Waals surface area (Å²) in [7, 11) is 1.71. The Morgan fingerprint density at radius 1 is 1.28 bits per heavy atom. The molecule has 0 saturated heterocycles. The minimum Gasteiger partial charge on any atom is -0.359 e. The van der Waals surface area contributed by atoms with E-state index in [1.165, 1.54) is 6.20 Å². The van der Waals surface area contributed by atoms with Crippen molar-refractivity contribution in [2.45, 2.75) is 13.1 Å². The molecule has 1 aliphatic rings. The average Bonchev–Trinajstić information content (AvgIpc) is 3.23. The summed E-state index contributed by atoms with van der Waals surface area (Å²) in [6, 6.07) is 10.8. The van der Waals surface area contributed by atoms with Gasteiger partial charge >= 0.3 is 0 Å². The zero-order chi connectivity index (χ0) is 20.4. The number of pyridine rings is 1. The summed E-state index contributed by atoms with van der Waals surface area (Å²) in [5, 5.41) is 10.4. The molecule has 4 rings (SSSR count). The van der Waals surface area contributed by atoms with Crippen molar-refractivity contribution < 1.29 is 9.59 Å². The van der Waals surface area contributed by atoms with Gasteiger partial charge in [0.15, 0.2) is 5.82 Å². The topological polar surface area (TPSA) is 94.2 Å². The fourth-order valence-electron chi connectivity index (χ4n) is 3.17. The first-order valence-electron chi connectivity index (χ1n) is 9.03. The molecule has 0 saturated carbocycles. The number of nitrogens with one attached hydrogen (secondary N) is 2. The molecular weight excluding hydrogens is 392 g/mol. The number of rotatable bonds is 5. The molecule has 2 aromatic heterocycles. The van der Waals surface area contributed by atoms with Crippen LogP contribution in [0.3, 0.4) is 0 Å². The average molecular weight is 411 g/mol. The lowest BCUT2D eigenvalue weighted by Crippen LogP contribution is -2.40. The Bertz CT molecular complexity index is 1040. The highest BCUT2D eigenvalue weighted by atomic mass is 35.5. The summed E-state index contributed by atoms with van der Waals surface area (Å²) in [4.78, 5) is 33.0. The molecule has 8 nitrogen and oxygen atoms in total. The molecule has 0 spiro atoms. The number of H-pyrrole nitrogens is 1. The molecule has 0 bridgehead atoms. The molecule has 29 heavy (non-hydrogen) atoms. The lowest BCUT2D eigenvalue weighted by atomic mass is 10.1. The molecule has 9 heteroatoms. The van der Waals surface area contributed by atoms with Crippen molar-refractivity contribution in [1.82, 2.24) is 20.1 Å². The molecular formula is C20H19ClN6O2. The highest BCUT2D eigenvalue weighted by molar-refractivity contribution is 6.30. The highest BCUT2D eigenvalue weighted by Gasteiger charge is 2.27. The van der Waals surface area contributed by atoms with E-state index in [4.69, 9.17) is 11.6 Å². The first kappa shape index (κ1) is 18.9. The number of halogens is 1. The van der Waals surface area contributed by atoms with E-state index in [9.17, 15) is 9.59 Å². The van der Waals surface area contributed by atoms with E-state index >= 15 is 0 Å². The molecule has 2 N–H and O–H groups in total. The van der Waals surface area contributed by atoms with Crippen LogP contribution in [0.4, 0.5) is 11.5 Å². The molecule has 0 unspecified atom stereocenters. The van der Waals surface area contributed by atoms with Crippen LogP contribution in [-0.4, -0.2) is 45.5 Å². The van der Waals surface area contributed by atoms with E-state index in [1.807, 2.05) is 18.2 Å². The molecule has 0 atom stereocenters. The molecule has 0 radical (unpaired) electrons. The van der Waals surface area contributed by atoms with E-state index in [2.05, 4.69) is 20.5 Å². The standard InChI is InChI=1S/C20H19ClN6O2/c1-26(12-16-6-7-24-25-16)20(29)14-8-17-19(22-9-14)23-10-18(28)27(17)11-13-2-4-15(21)5-3-13/h2-9H,10-12H2,1H3,(H,22,23)(H,24,25). The number of hydrogen-bond acceptors (Lipinski definition) is 5. The van der Waals surface area contributed by atoms with Gasteiger partial charge in [-0.2, -0.15) is 5.10 Å². The predicted octanol–water partition coefficient (Wildman–Crippen LogP) is 2.69. The van der Waals surface area contributed by atoms with E-state index in [0.717, 1.165) is 11.3 Å². The van der Waals surface area contributed by atoms with E-state index in [0.29, 0.717) is 35.2 Å². The summed E-state index contributed by atoms with van der Waals surface area (Å²) >= 11 is 5.95. The van der Waals surface area contributed by atoms with Gasteiger partial charge in [0.25, 0.3) is 5.91 Å². The van der Waals surface area contributed by atoms with Crippen LogP contribution >= 0.6 is 11.6 Å². The summed E-state index contributed by atoms with van der Waals surface area (Å²) in [6.07, 6.45) is 3.16. The number of amides is 2. The van der Waals surface area contributed by atoms with Crippen LogP contribution in [0.25, 0.3) is 0 Å². The van der Waals surface area contributed by atoms with Gasteiger partial charge < -0.3 is 15.1 Å². The lowest BCUT2D eigenvalue weighted by Gasteiger charge is -2.30. The van der Waals surface area contributed by atoms with Gasteiger partial charge in [0.05, 0.1) is 36.6 Å². The molecule has 148 valence electrons. The predicted molar refractivity (Wildman–Crippen MR) is 110 cm³/mol. The zero-order valence-electron chi connectivity index (χ0n) is 15.7. The number of hydrogen-bond donors (Lipinski definition) is 2. The summed E-state index contributed by atoms with van der Waals surface area (Å²) in [5.74, 6) is 0.287. The Hall–Kier alpha value is -3.39. The Labute approximate surface area is 172 Å². The number of nitrogens with zero attached hydrogens (tertiary/aromatic N) is 4. The number of carbonyl (C=O) groups is 2. The number of benzene rings is 1. The Morgan fingerprint density at radius 2 is 2.07 bits per heavy atom. The van der Waals surface area contributed by atoms with E-state index < -0.39 is 0 Å². The maximum Gasteiger partial charge on any atom is 0.255 e. The SMILES string of the molecule is CN(Cc1ccn[nH]1)C(=O)c1cnc2c(c1)N(Cc1ccc(Cl)cc1)C(=O)CN2. The number of carbonyl (C=O) groups excluding carboxylic acids is 2. The van der Waals surface area contributed by atoms with E-state index in [-0.39, 0.29) is 18.4 Å². The van der Waals surface area contributed by atoms with Gasteiger partial charge in [0.2, 0.25) is 5.91 Å². The first-order valence-corrected chi connectivity index (χ1v) is 9.41. The quantitative estimate of drug-likeness (QED) is 0.674. The molecule has 2 amide bonds. The van der Waals surface area contributed by atoms with Crippen LogP contribution in [0, 0.1) is 0 Å². The third-order valence-electron chi connectivity index (χ3n) is 4.68. The van der Waals surface area contributed by atoms with Gasteiger partial charge in [-0.05, 0) is 29.8 Å². The van der Waals surface area contributed by atoms with Crippen molar-refractivity contribution in [2.24, 2.45) is 0 Å². The van der Waals surface area contributed by atoms with Gasteiger partial charge in [-0.25, -0.2) is 4.98 Å².